The van der Waals surface area contributed by atoms with E-state index < -0.39 is 11.5 Å². The van der Waals surface area contributed by atoms with Crippen molar-refractivity contribution >= 4 is 18.4 Å². The second-order valence-electron chi connectivity index (χ2n) is 4.78. The zero-order valence-corrected chi connectivity index (χ0v) is 10.9. The molecule has 0 spiro atoms. The maximum absolute atomic E-state index is 11.3. The Hall–Kier alpha value is -0.280. The third-order valence-corrected chi connectivity index (χ3v) is 3.68. The minimum absolute atomic E-state index is 0. The van der Waals surface area contributed by atoms with Gasteiger partial charge in [-0.1, -0.05) is 39.0 Å². The van der Waals surface area contributed by atoms with E-state index >= 15 is 0 Å². The van der Waals surface area contributed by atoms with E-state index in [-0.39, 0.29) is 18.3 Å². The van der Waals surface area contributed by atoms with Gasteiger partial charge in [-0.2, -0.15) is 0 Å². The van der Waals surface area contributed by atoms with Crippen molar-refractivity contribution < 1.29 is 9.90 Å². The van der Waals surface area contributed by atoms with Crippen LogP contribution < -0.4 is 5.73 Å². The molecule has 0 radical (unpaired) electrons. The summed E-state index contributed by atoms with van der Waals surface area (Å²) in [6.07, 6.45) is 8.06. The Morgan fingerprint density at radius 2 is 1.94 bits per heavy atom. The highest BCUT2D eigenvalue weighted by molar-refractivity contribution is 5.85. The lowest BCUT2D eigenvalue weighted by molar-refractivity contribution is -0.146. The molecule has 1 aliphatic carbocycles. The van der Waals surface area contributed by atoms with Crippen LogP contribution >= 0.6 is 12.4 Å². The van der Waals surface area contributed by atoms with Gasteiger partial charge in [0.2, 0.25) is 0 Å². The molecule has 0 unspecified atom stereocenters. The van der Waals surface area contributed by atoms with Gasteiger partial charge in [0.15, 0.2) is 0 Å². The number of unbranched alkanes of at least 4 members (excludes halogenated alkanes) is 1. The maximum Gasteiger partial charge on any atom is 0.323 e. The minimum atomic E-state index is -0.962. The molecule has 96 valence electrons. The fourth-order valence-corrected chi connectivity index (χ4v) is 2.57. The van der Waals surface area contributed by atoms with Crippen LogP contribution in [0, 0.1) is 5.92 Å². The van der Waals surface area contributed by atoms with Crippen molar-refractivity contribution in [1.82, 2.24) is 0 Å². The topological polar surface area (TPSA) is 63.3 Å². The smallest absolute Gasteiger partial charge is 0.323 e. The predicted molar refractivity (Wildman–Crippen MR) is 67.9 cm³/mol. The van der Waals surface area contributed by atoms with Gasteiger partial charge in [-0.15, -0.1) is 12.4 Å². The predicted octanol–water partition coefficient (Wildman–Crippen LogP) is 2.96. The molecule has 0 amide bonds. The molecule has 3 N–H and O–H groups in total. The highest BCUT2D eigenvalue weighted by atomic mass is 35.5. The van der Waals surface area contributed by atoms with Crippen LogP contribution in [0.3, 0.4) is 0 Å². The molecule has 1 rings (SSSR count). The summed E-state index contributed by atoms with van der Waals surface area (Å²) in [6.45, 7) is 2.07. The third kappa shape index (κ3) is 3.63. The van der Waals surface area contributed by atoms with Crippen molar-refractivity contribution in [2.75, 3.05) is 0 Å². The van der Waals surface area contributed by atoms with Crippen LogP contribution in [0.1, 0.15) is 58.3 Å². The van der Waals surface area contributed by atoms with Gasteiger partial charge in [0.1, 0.15) is 5.54 Å². The molecule has 0 heterocycles. The third-order valence-electron chi connectivity index (χ3n) is 3.68. The van der Waals surface area contributed by atoms with Gasteiger partial charge in [-0.05, 0) is 25.2 Å². The number of carboxylic acids is 1. The number of carbonyl (C=O) groups is 1. The van der Waals surface area contributed by atoms with E-state index in [1.807, 2.05) is 0 Å². The lowest BCUT2D eigenvalue weighted by Gasteiger charge is -2.36. The van der Waals surface area contributed by atoms with E-state index in [4.69, 9.17) is 5.73 Å². The van der Waals surface area contributed by atoms with Gasteiger partial charge in [0.25, 0.3) is 0 Å². The Morgan fingerprint density at radius 1 is 1.38 bits per heavy atom. The van der Waals surface area contributed by atoms with Crippen molar-refractivity contribution in [3.63, 3.8) is 0 Å². The Labute approximate surface area is 104 Å². The maximum atomic E-state index is 11.3. The molecule has 0 aliphatic heterocycles. The zero-order chi connectivity index (χ0) is 11.3. The lowest BCUT2D eigenvalue weighted by Crippen LogP contribution is -2.54. The van der Waals surface area contributed by atoms with E-state index in [1.54, 1.807) is 0 Å². The molecule has 0 aromatic heterocycles. The number of aliphatic carboxylic acids is 1. The van der Waals surface area contributed by atoms with Crippen molar-refractivity contribution in [3.05, 3.63) is 0 Å². The van der Waals surface area contributed by atoms with Gasteiger partial charge < -0.3 is 10.8 Å². The lowest BCUT2D eigenvalue weighted by atomic mass is 9.73. The summed E-state index contributed by atoms with van der Waals surface area (Å²) in [4.78, 5) is 11.3. The SMILES string of the molecule is CCCC[C@](N)(C(=O)O)C1CCCCC1.Cl. The fraction of sp³-hybridized carbons (Fsp3) is 0.917. The number of halogens is 1. The minimum Gasteiger partial charge on any atom is -0.480 e. The molecule has 3 nitrogen and oxygen atoms in total. The number of carboxylic acid groups (broad SMARTS) is 1. The molecule has 16 heavy (non-hydrogen) atoms. The van der Waals surface area contributed by atoms with Crippen LogP contribution in [0.5, 0.6) is 0 Å². The summed E-state index contributed by atoms with van der Waals surface area (Å²) < 4.78 is 0. The number of hydrogen-bond donors (Lipinski definition) is 2. The summed E-state index contributed by atoms with van der Waals surface area (Å²) in [5.41, 5.74) is 5.14. The monoisotopic (exact) mass is 249 g/mol. The standard InChI is InChI=1S/C12H23NO2.ClH/c1-2-3-9-12(13,11(14)15)10-7-5-4-6-8-10;/h10H,2-9,13H2,1H3,(H,14,15);1H/t12-;/m1./s1. The van der Waals surface area contributed by atoms with Crippen LogP contribution in [0.15, 0.2) is 0 Å². The highest BCUT2D eigenvalue weighted by Crippen LogP contribution is 2.34. The number of hydrogen-bond acceptors (Lipinski definition) is 2. The molecule has 0 saturated heterocycles. The summed E-state index contributed by atoms with van der Waals surface area (Å²) in [5.74, 6) is -0.613. The second-order valence-corrected chi connectivity index (χ2v) is 4.78. The van der Waals surface area contributed by atoms with E-state index in [2.05, 4.69) is 6.92 Å². The van der Waals surface area contributed by atoms with E-state index in [9.17, 15) is 9.90 Å². The molecule has 0 aromatic rings. The van der Waals surface area contributed by atoms with Crippen molar-refractivity contribution in [2.45, 2.75) is 63.8 Å². The molecular weight excluding hydrogens is 226 g/mol. The number of rotatable bonds is 5. The van der Waals surface area contributed by atoms with E-state index in [0.29, 0.717) is 6.42 Å². The van der Waals surface area contributed by atoms with Gasteiger partial charge in [-0.3, -0.25) is 4.79 Å². The van der Waals surface area contributed by atoms with Gasteiger partial charge in [0.05, 0.1) is 0 Å². The fourth-order valence-electron chi connectivity index (χ4n) is 2.57. The first kappa shape index (κ1) is 15.7. The summed E-state index contributed by atoms with van der Waals surface area (Å²) in [7, 11) is 0. The van der Waals surface area contributed by atoms with E-state index in [0.717, 1.165) is 38.5 Å². The van der Waals surface area contributed by atoms with Crippen LogP contribution in [0.4, 0.5) is 0 Å². The molecule has 1 saturated carbocycles. The molecule has 0 aromatic carbocycles. The van der Waals surface area contributed by atoms with Crippen molar-refractivity contribution in [3.8, 4) is 0 Å². The summed E-state index contributed by atoms with van der Waals surface area (Å²) >= 11 is 0. The van der Waals surface area contributed by atoms with Crippen LogP contribution in [-0.2, 0) is 4.79 Å². The summed E-state index contributed by atoms with van der Waals surface area (Å²) in [6, 6.07) is 0. The molecule has 1 fully saturated rings. The summed E-state index contributed by atoms with van der Waals surface area (Å²) in [5, 5.41) is 9.29. The average molecular weight is 250 g/mol. The van der Waals surface area contributed by atoms with Crippen LogP contribution in [0.2, 0.25) is 0 Å². The molecule has 1 atom stereocenters. The Balaban J connectivity index is 0.00000225. The second kappa shape index (κ2) is 7.13. The molecule has 4 heteroatoms. The normalized spacial score (nSPS) is 20.9. The zero-order valence-electron chi connectivity index (χ0n) is 10.1. The Morgan fingerprint density at radius 3 is 2.38 bits per heavy atom. The molecule has 0 bridgehead atoms. The highest BCUT2D eigenvalue weighted by Gasteiger charge is 2.41. The first-order valence-electron chi connectivity index (χ1n) is 6.13. The number of nitrogens with two attached hydrogens (primary N) is 1. The van der Waals surface area contributed by atoms with Gasteiger partial charge in [-0.25, -0.2) is 0 Å². The Bertz CT molecular complexity index is 217. The largest absolute Gasteiger partial charge is 0.480 e. The van der Waals surface area contributed by atoms with Crippen molar-refractivity contribution in [1.29, 1.82) is 0 Å². The quantitative estimate of drug-likeness (QED) is 0.788. The molecule has 1 aliphatic rings. The van der Waals surface area contributed by atoms with Crippen LogP contribution in [0.25, 0.3) is 0 Å². The van der Waals surface area contributed by atoms with E-state index in [1.165, 1.54) is 6.42 Å². The van der Waals surface area contributed by atoms with Gasteiger partial charge in [0, 0.05) is 0 Å². The Kier molecular flexibility index (Phi) is 7.00. The van der Waals surface area contributed by atoms with Crippen LogP contribution in [-0.4, -0.2) is 16.6 Å². The average Bonchev–Trinajstić information content (AvgIpc) is 2.27. The molecular formula is C12H24ClNO2. The van der Waals surface area contributed by atoms with Crippen molar-refractivity contribution in [2.24, 2.45) is 11.7 Å². The first-order valence-corrected chi connectivity index (χ1v) is 6.13. The first-order chi connectivity index (χ1) is 7.11. The van der Waals surface area contributed by atoms with Gasteiger partial charge >= 0.3 is 5.97 Å².